The number of hydrogen-bond acceptors (Lipinski definition) is 7. The Morgan fingerprint density at radius 2 is 1.67 bits per heavy atom. The van der Waals surface area contributed by atoms with Crippen LogP contribution in [0.1, 0.15) is 26.7 Å². The molecule has 1 aliphatic rings. The standard InChI is InChI=1S/C21H24N6O2S/c1-14(2)22-20-24-19(15-7-4-3-5-8-15)25-21(26-20)23-17-9-6-10-18(13-17)30(28,29)27-16-11-12-16/h3-10,13-14,16,27H,11-12H2,1-2H3,(H2,22,23,24,25,26). The third kappa shape index (κ3) is 5.11. The number of sulfonamides is 1. The Balaban J connectivity index is 1.64. The van der Waals surface area contributed by atoms with Crippen molar-refractivity contribution in [2.45, 2.75) is 43.7 Å². The number of hydrogen-bond donors (Lipinski definition) is 3. The lowest BCUT2D eigenvalue weighted by Gasteiger charge is -2.13. The van der Waals surface area contributed by atoms with Gasteiger partial charge in [0.25, 0.3) is 0 Å². The molecule has 4 rings (SSSR count). The van der Waals surface area contributed by atoms with Gasteiger partial charge in [0.15, 0.2) is 5.82 Å². The van der Waals surface area contributed by atoms with Gasteiger partial charge in [0.1, 0.15) is 0 Å². The summed E-state index contributed by atoms with van der Waals surface area (Å²) in [7, 11) is -3.54. The van der Waals surface area contributed by atoms with Crippen LogP contribution in [0.2, 0.25) is 0 Å². The van der Waals surface area contributed by atoms with Gasteiger partial charge in [-0.1, -0.05) is 36.4 Å². The molecule has 2 aromatic carbocycles. The highest BCUT2D eigenvalue weighted by atomic mass is 32.2. The summed E-state index contributed by atoms with van der Waals surface area (Å²) in [4.78, 5) is 13.7. The van der Waals surface area contributed by atoms with Crippen LogP contribution in [-0.4, -0.2) is 35.5 Å². The number of nitrogens with zero attached hydrogens (tertiary/aromatic N) is 3. The van der Waals surface area contributed by atoms with Gasteiger partial charge in [0.2, 0.25) is 21.9 Å². The Hall–Kier alpha value is -3.04. The van der Waals surface area contributed by atoms with Crippen LogP contribution in [0.3, 0.4) is 0 Å². The minimum atomic E-state index is -3.54. The summed E-state index contributed by atoms with van der Waals surface area (Å²) in [6.45, 7) is 4.00. The molecule has 0 spiro atoms. The quantitative estimate of drug-likeness (QED) is 0.507. The van der Waals surface area contributed by atoms with Gasteiger partial charge in [0, 0.05) is 23.3 Å². The molecule has 1 aromatic heterocycles. The minimum absolute atomic E-state index is 0.0493. The van der Waals surface area contributed by atoms with Crippen molar-refractivity contribution in [1.29, 1.82) is 0 Å². The molecule has 1 saturated carbocycles. The van der Waals surface area contributed by atoms with Gasteiger partial charge < -0.3 is 10.6 Å². The summed E-state index contributed by atoms with van der Waals surface area (Å²) >= 11 is 0. The zero-order valence-electron chi connectivity index (χ0n) is 16.8. The summed E-state index contributed by atoms with van der Waals surface area (Å²) in [5.74, 6) is 1.30. The molecule has 0 radical (unpaired) electrons. The summed E-state index contributed by atoms with van der Waals surface area (Å²) in [6, 6.07) is 16.4. The van der Waals surface area contributed by atoms with Crippen LogP contribution in [0.5, 0.6) is 0 Å². The summed E-state index contributed by atoms with van der Waals surface area (Å²) in [6.07, 6.45) is 1.77. The lowest BCUT2D eigenvalue weighted by molar-refractivity contribution is 0.581. The molecule has 3 aromatic rings. The first-order chi connectivity index (χ1) is 14.4. The number of nitrogens with one attached hydrogen (secondary N) is 3. The third-order valence-electron chi connectivity index (χ3n) is 4.38. The SMILES string of the molecule is CC(C)Nc1nc(Nc2cccc(S(=O)(=O)NC3CC3)c2)nc(-c2ccccc2)n1. The Labute approximate surface area is 176 Å². The predicted octanol–water partition coefficient (Wildman–Crippen LogP) is 3.54. The molecule has 1 heterocycles. The van der Waals surface area contributed by atoms with Crippen molar-refractivity contribution in [2.24, 2.45) is 0 Å². The second-order valence-electron chi connectivity index (χ2n) is 7.52. The maximum Gasteiger partial charge on any atom is 0.240 e. The monoisotopic (exact) mass is 424 g/mol. The molecule has 0 unspecified atom stereocenters. The van der Waals surface area contributed by atoms with Gasteiger partial charge in [-0.3, -0.25) is 0 Å². The summed E-state index contributed by atoms with van der Waals surface area (Å²) in [5.41, 5.74) is 1.44. The molecule has 30 heavy (non-hydrogen) atoms. The fourth-order valence-corrected chi connectivity index (χ4v) is 4.18. The molecule has 3 N–H and O–H groups in total. The van der Waals surface area contributed by atoms with Crippen molar-refractivity contribution < 1.29 is 8.42 Å². The number of aromatic nitrogens is 3. The van der Waals surface area contributed by atoms with Gasteiger partial charge in [-0.2, -0.15) is 15.0 Å². The fraction of sp³-hybridized carbons (Fsp3) is 0.286. The lowest BCUT2D eigenvalue weighted by Crippen LogP contribution is -2.25. The first kappa shape index (κ1) is 20.2. The number of benzene rings is 2. The van der Waals surface area contributed by atoms with Gasteiger partial charge in [-0.15, -0.1) is 0 Å². The number of anilines is 3. The molecule has 0 amide bonds. The maximum absolute atomic E-state index is 12.5. The van der Waals surface area contributed by atoms with E-state index < -0.39 is 10.0 Å². The van der Waals surface area contributed by atoms with Crippen LogP contribution in [0.4, 0.5) is 17.6 Å². The van der Waals surface area contributed by atoms with Crippen LogP contribution < -0.4 is 15.4 Å². The van der Waals surface area contributed by atoms with E-state index in [1.165, 1.54) is 0 Å². The van der Waals surface area contributed by atoms with Crippen LogP contribution in [0.25, 0.3) is 11.4 Å². The van der Waals surface area contributed by atoms with Crippen molar-refractivity contribution in [1.82, 2.24) is 19.7 Å². The van der Waals surface area contributed by atoms with E-state index >= 15 is 0 Å². The van der Waals surface area contributed by atoms with E-state index in [2.05, 4.69) is 30.3 Å². The minimum Gasteiger partial charge on any atom is -0.352 e. The first-order valence-corrected chi connectivity index (χ1v) is 11.3. The second-order valence-corrected chi connectivity index (χ2v) is 9.23. The Kier molecular flexibility index (Phi) is 5.65. The highest BCUT2D eigenvalue weighted by Crippen LogP contribution is 2.25. The molecular weight excluding hydrogens is 400 g/mol. The molecule has 8 nitrogen and oxygen atoms in total. The molecule has 0 bridgehead atoms. The second kappa shape index (κ2) is 8.37. The van der Waals surface area contributed by atoms with E-state index in [1.807, 2.05) is 44.2 Å². The zero-order valence-corrected chi connectivity index (χ0v) is 17.6. The van der Waals surface area contributed by atoms with Gasteiger partial charge in [0.05, 0.1) is 4.90 Å². The van der Waals surface area contributed by atoms with Crippen LogP contribution in [-0.2, 0) is 10.0 Å². The van der Waals surface area contributed by atoms with E-state index in [-0.39, 0.29) is 17.0 Å². The van der Waals surface area contributed by atoms with Crippen molar-refractivity contribution >= 4 is 27.6 Å². The molecule has 0 aliphatic heterocycles. The topological polar surface area (TPSA) is 109 Å². The van der Waals surface area contributed by atoms with E-state index in [9.17, 15) is 8.42 Å². The molecule has 0 saturated heterocycles. The zero-order chi connectivity index (χ0) is 21.1. The first-order valence-electron chi connectivity index (χ1n) is 9.86. The summed E-state index contributed by atoms with van der Waals surface area (Å²) in [5, 5.41) is 6.31. The Morgan fingerprint density at radius 1 is 0.933 bits per heavy atom. The maximum atomic E-state index is 12.5. The average molecular weight is 425 g/mol. The Morgan fingerprint density at radius 3 is 2.37 bits per heavy atom. The normalized spacial score (nSPS) is 14.0. The van der Waals surface area contributed by atoms with Gasteiger partial charge >= 0.3 is 0 Å². The van der Waals surface area contributed by atoms with Crippen molar-refractivity contribution in [3.8, 4) is 11.4 Å². The predicted molar refractivity (Wildman–Crippen MR) is 117 cm³/mol. The molecule has 1 fully saturated rings. The van der Waals surface area contributed by atoms with Crippen LogP contribution in [0, 0.1) is 0 Å². The smallest absolute Gasteiger partial charge is 0.240 e. The van der Waals surface area contributed by atoms with Gasteiger partial charge in [-0.25, -0.2) is 13.1 Å². The van der Waals surface area contributed by atoms with E-state index in [4.69, 9.17) is 0 Å². The Bertz CT molecular complexity index is 1130. The summed E-state index contributed by atoms with van der Waals surface area (Å²) < 4.78 is 27.7. The highest BCUT2D eigenvalue weighted by molar-refractivity contribution is 7.89. The van der Waals surface area contributed by atoms with Crippen LogP contribution >= 0.6 is 0 Å². The molecule has 1 aliphatic carbocycles. The molecule has 9 heteroatoms. The fourth-order valence-electron chi connectivity index (χ4n) is 2.83. The average Bonchev–Trinajstić information content (AvgIpc) is 3.51. The third-order valence-corrected chi connectivity index (χ3v) is 5.90. The molecular formula is C21H24N6O2S. The van der Waals surface area contributed by atoms with Crippen LogP contribution in [0.15, 0.2) is 59.5 Å². The van der Waals surface area contributed by atoms with E-state index in [0.29, 0.717) is 23.4 Å². The lowest BCUT2D eigenvalue weighted by atomic mass is 10.2. The number of rotatable bonds is 8. The molecule has 156 valence electrons. The molecule has 0 atom stereocenters. The van der Waals surface area contributed by atoms with Gasteiger partial charge in [-0.05, 0) is 44.9 Å². The largest absolute Gasteiger partial charge is 0.352 e. The van der Waals surface area contributed by atoms with E-state index in [1.54, 1.807) is 24.3 Å². The highest BCUT2D eigenvalue weighted by Gasteiger charge is 2.28. The van der Waals surface area contributed by atoms with Crippen molar-refractivity contribution in [2.75, 3.05) is 10.6 Å². The van der Waals surface area contributed by atoms with E-state index in [0.717, 1.165) is 18.4 Å². The van der Waals surface area contributed by atoms with Crippen molar-refractivity contribution in [3.05, 3.63) is 54.6 Å². The van der Waals surface area contributed by atoms with Crippen molar-refractivity contribution in [3.63, 3.8) is 0 Å².